The van der Waals surface area contributed by atoms with Crippen molar-refractivity contribution in [3.05, 3.63) is 42.5 Å². The Labute approximate surface area is 103 Å². The molecule has 17 heavy (non-hydrogen) atoms. The van der Waals surface area contributed by atoms with Crippen molar-refractivity contribution in [3.8, 4) is 5.75 Å². The third-order valence-corrected chi connectivity index (χ3v) is 2.04. The number of esters is 1. The summed E-state index contributed by atoms with van der Waals surface area (Å²) in [6, 6.07) is 6.86. The van der Waals surface area contributed by atoms with Gasteiger partial charge >= 0.3 is 5.97 Å². The first-order valence-corrected chi connectivity index (χ1v) is 5.59. The summed E-state index contributed by atoms with van der Waals surface area (Å²) in [5.41, 5.74) is 0.936. The van der Waals surface area contributed by atoms with Gasteiger partial charge in [0.25, 0.3) is 0 Å². The van der Waals surface area contributed by atoms with E-state index in [1.165, 1.54) is 7.11 Å². The van der Waals surface area contributed by atoms with Crippen molar-refractivity contribution in [1.82, 2.24) is 0 Å². The zero-order chi connectivity index (χ0) is 13.1. The number of benzene rings is 1. The van der Waals surface area contributed by atoms with Crippen LogP contribution < -0.4 is 0 Å². The van der Waals surface area contributed by atoms with Gasteiger partial charge in [-0.05, 0) is 30.5 Å². The van der Waals surface area contributed by atoms with Crippen molar-refractivity contribution in [1.29, 1.82) is 0 Å². The summed E-state index contributed by atoms with van der Waals surface area (Å²) in [5, 5.41) is 9.12. The summed E-state index contributed by atoms with van der Waals surface area (Å²) in [4.78, 5) is 10.8. The molecule has 0 saturated carbocycles. The van der Waals surface area contributed by atoms with Crippen LogP contribution in [0.25, 0.3) is 0 Å². The molecule has 1 N–H and O–H groups in total. The molecule has 3 nitrogen and oxygen atoms in total. The molecule has 0 aliphatic heterocycles. The Morgan fingerprint density at radius 1 is 1.53 bits per heavy atom. The summed E-state index contributed by atoms with van der Waals surface area (Å²) in [6.45, 7) is 5.54. The number of methoxy groups -OCH3 is 1. The number of allylic oxidation sites excluding steroid dienone is 1. The van der Waals surface area contributed by atoms with E-state index in [9.17, 15) is 4.79 Å². The molecule has 1 aromatic carbocycles. The normalized spacial score (nSPS) is 8.82. The molecule has 0 bridgehead atoms. The second-order valence-corrected chi connectivity index (χ2v) is 3.44. The molecule has 0 aliphatic carbocycles. The third kappa shape index (κ3) is 8.08. The predicted molar refractivity (Wildman–Crippen MR) is 68.9 cm³/mol. The highest BCUT2D eigenvalue weighted by atomic mass is 16.5. The molecule has 3 heteroatoms. The van der Waals surface area contributed by atoms with Crippen molar-refractivity contribution in [2.24, 2.45) is 0 Å². The van der Waals surface area contributed by atoms with Gasteiger partial charge in [-0.1, -0.05) is 25.1 Å². The second-order valence-electron chi connectivity index (χ2n) is 3.44. The van der Waals surface area contributed by atoms with Gasteiger partial charge in [0.2, 0.25) is 0 Å². The van der Waals surface area contributed by atoms with Crippen molar-refractivity contribution >= 4 is 5.97 Å². The minimum atomic E-state index is -0.233. The molecule has 1 rings (SSSR count). The van der Waals surface area contributed by atoms with Crippen LogP contribution in [-0.2, 0) is 16.0 Å². The van der Waals surface area contributed by atoms with Crippen LogP contribution in [-0.4, -0.2) is 18.2 Å². The van der Waals surface area contributed by atoms with E-state index in [1.54, 1.807) is 18.2 Å². The monoisotopic (exact) mass is 236 g/mol. The van der Waals surface area contributed by atoms with Gasteiger partial charge in [-0.15, -0.1) is 6.58 Å². The average molecular weight is 236 g/mol. The topological polar surface area (TPSA) is 46.5 Å². The van der Waals surface area contributed by atoms with Gasteiger partial charge in [0.15, 0.2) is 0 Å². The molecular weight excluding hydrogens is 216 g/mol. The predicted octanol–water partition coefficient (Wildman–Crippen LogP) is 3.08. The highest BCUT2D eigenvalue weighted by Gasteiger charge is 2.01. The summed E-state index contributed by atoms with van der Waals surface area (Å²) in [7, 11) is 1.37. The number of aromatic hydroxyl groups is 1. The zero-order valence-electron chi connectivity index (χ0n) is 10.5. The van der Waals surface area contributed by atoms with Gasteiger partial charge in [0.05, 0.1) is 7.11 Å². The molecular formula is C14H20O3. The first kappa shape index (κ1) is 15.2. The number of aryl methyl sites for hydroxylation is 1. The van der Waals surface area contributed by atoms with Crippen molar-refractivity contribution in [2.45, 2.75) is 26.2 Å². The van der Waals surface area contributed by atoms with Crippen molar-refractivity contribution in [3.63, 3.8) is 0 Å². The van der Waals surface area contributed by atoms with E-state index < -0.39 is 0 Å². The van der Waals surface area contributed by atoms with Gasteiger partial charge in [0.1, 0.15) is 5.75 Å². The van der Waals surface area contributed by atoms with Crippen LogP contribution in [0, 0.1) is 0 Å². The van der Waals surface area contributed by atoms with Crippen molar-refractivity contribution < 1.29 is 14.6 Å². The Morgan fingerprint density at radius 2 is 2.18 bits per heavy atom. The van der Waals surface area contributed by atoms with E-state index in [-0.39, 0.29) is 11.7 Å². The van der Waals surface area contributed by atoms with E-state index >= 15 is 0 Å². The highest BCUT2D eigenvalue weighted by molar-refractivity contribution is 5.69. The molecule has 0 heterocycles. The number of ether oxygens (including phenoxy) is 1. The average Bonchev–Trinajstić information content (AvgIpc) is 2.36. The Hall–Kier alpha value is -1.77. The van der Waals surface area contributed by atoms with Gasteiger partial charge in [-0.2, -0.15) is 0 Å². The lowest BCUT2D eigenvalue weighted by Gasteiger charge is -2.00. The fourth-order valence-electron chi connectivity index (χ4n) is 1.06. The molecule has 0 fully saturated rings. The number of hydrogen-bond donors (Lipinski definition) is 1. The van der Waals surface area contributed by atoms with Gasteiger partial charge < -0.3 is 9.84 Å². The maximum absolute atomic E-state index is 10.8. The number of carbonyl (C=O) groups excluding carboxylic acids is 1. The SMILES string of the molecule is C=CCC.COC(=O)CCc1cccc(O)c1. The standard InChI is InChI=1S/C10H12O3.C4H8/c1-13-10(12)6-5-8-3-2-4-9(11)7-8;1-3-4-2/h2-4,7,11H,5-6H2,1H3;3H,1,4H2,2H3. The van der Waals surface area contributed by atoms with Gasteiger partial charge in [-0.3, -0.25) is 4.79 Å². The molecule has 0 aliphatic rings. The van der Waals surface area contributed by atoms with Crippen LogP contribution in [0.15, 0.2) is 36.9 Å². The molecule has 0 atom stereocenters. The second kappa shape index (κ2) is 9.46. The number of phenols is 1. The zero-order valence-corrected chi connectivity index (χ0v) is 10.5. The van der Waals surface area contributed by atoms with Crippen LogP contribution in [0.4, 0.5) is 0 Å². The number of carbonyl (C=O) groups is 1. The Balaban J connectivity index is 0.000000557. The summed E-state index contributed by atoms with van der Waals surface area (Å²) < 4.78 is 4.50. The Kier molecular flexibility index (Phi) is 8.47. The lowest BCUT2D eigenvalue weighted by atomic mass is 10.1. The van der Waals surface area contributed by atoms with E-state index in [0.717, 1.165) is 12.0 Å². The minimum Gasteiger partial charge on any atom is -0.508 e. The lowest BCUT2D eigenvalue weighted by molar-refractivity contribution is -0.140. The minimum absolute atomic E-state index is 0.224. The quantitative estimate of drug-likeness (QED) is 0.645. The summed E-state index contributed by atoms with van der Waals surface area (Å²) >= 11 is 0. The molecule has 1 aromatic rings. The van der Waals surface area contributed by atoms with Crippen molar-refractivity contribution in [2.75, 3.05) is 7.11 Å². The number of rotatable bonds is 4. The van der Waals surface area contributed by atoms with E-state index in [0.29, 0.717) is 12.8 Å². The number of phenolic OH excluding ortho intramolecular Hbond substituents is 1. The first-order valence-electron chi connectivity index (χ1n) is 5.59. The highest BCUT2D eigenvalue weighted by Crippen LogP contribution is 2.12. The number of hydrogen-bond acceptors (Lipinski definition) is 3. The third-order valence-electron chi connectivity index (χ3n) is 2.04. The first-order chi connectivity index (χ1) is 8.13. The fraction of sp³-hybridized carbons (Fsp3) is 0.357. The molecule has 94 valence electrons. The molecule has 0 unspecified atom stereocenters. The van der Waals surface area contributed by atoms with E-state index in [1.807, 2.05) is 12.1 Å². The van der Waals surface area contributed by atoms with Crippen LogP contribution in [0.5, 0.6) is 5.75 Å². The maximum atomic E-state index is 10.8. The summed E-state index contributed by atoms with van der Waals surface area (Å²) in [6.07, 6.45) is 3.90. The molecule has 0 radical (unpaired) electrons. The smallest absolute Gasteiger partial charge is 0.305 e. The van der Waals surface area contributed by atoms with Gasteiger partial charge in [0, 0.05) is 6.42 Å². The molecule has 0 saturated heterocycles. The largest absolute Gasteiger partial charge is 0.508 e. The molecule has 0 spiro atoms. The van der Waals surface area contributed by atoms with Crippen LogP contribution in [0.2, 0.25) is 0 Å². The van der Waals surface area contributed by atoms with Crippen LogP contribution in [0.1, 0.15) is 25.3 Å². The lowest BCUT2D eigenvalue weighted by Crippen LogP contribution is -2.01. The molecule has 0 amide bonds. The van der Waals surface area contributed by atoms with E-state index in [4.69, 9.17) is 5.11 Å². The van der Waals surface area contributed by atoms with E-state index in [2.05, 4.69) is 18.2 Å². The molecule has 0 aromatic heterocycles. The Morgan fingerprint density at radius 3 is 2.65 bits per heavy atom. The fourth-order valence-corrected chi connectivity index (χ4v) is 1.06. The van der Waals surface area contributed by atoms with Gasteiger partial charge in [-0.25, -0.2) is 0 Å². The summed E-state index contributed by atoms with van der Waals surface area (Å²) in [5.74, 6) is -0.00860. The van der Waals surface area contributed by atoms with Crippen LogP contribution in [0.3, 0.4) is 0 Å². The van der Waals surface area contributed by atoms with Crippen LogP contribution >= 0.6 is 0 Å². The Bertz CT molecular complexity index is 345. The maximum Gasteiger partial charge on any atom is 0.305 e.